The summed E-state index contributed by atoms with van der Waals surface area (Å²) in [5, 5.41) is 2.89. The Hall–Kier alpha value is -3.41. The van der Waals surface area contributed by atoms with Crippen molar-refractivity contribution >= 4 is 11.8 Å². The molecule has 0 radical (unpaired) electrons. The number of nitrogens with zero attached hydrogens (tertiary/aromatic N) is 2. The minimum atomic E-state index is -0.339. The van der Waals surface area contributed by atoms with Gasteiger partial charge in [-0.25, -0.2) is 4.39 Å². The molecule has 29 heavy (non-hydrogen) atoms. The number of carbonyl (C=O) groups is 2. The number of aromatic nitrogens is 1. The molecular weight excluding hydrogens is 369 g/mol. The van der Waals surface area contributed by atoms with Crippen molar-refractivity contribution in [1.82, 2.24) is 14.8 Å². The van der Waals surface area contributed by atoms with Gasteiger partial charge >= 0.3 is 0 Å². The van der Waals surface area contributed by atoms with Crippen LogP contribution < -0.4 is 5.32 Å². The molecule has 1 heterocycles. The van der Waals surface area contributed by atoms with Gasteiger partial charge in [0.2, 0.25) is 0 Å². The van der Waals surface area contributed by atoms with Crippen LogP contribution in [0.25, 0.3) is 5.69 Å². The normalized spacial score (nSPS) is 10.7. The van der Waals surface area contributed by atoms with Crippen LogP contribution in [0.2, 0.25) is 0 Å². The molecule has 0 aliphatic heterocycles. The van der Waals surface area contributed by atoms with E-state index in [2.05, 4.69) is 5.32 Å². The van der Waals surface area contributed by atoms with Gasteiger partial charge in [0.1, 0.15) is 5.82 Å². The highest BCUT2D eigenvalue weighted by Gasteiger charge is 2.18. The molecule has 2 aromatic carbocycles. The first kappa shape index (κ1) is 20.3. The van der Waals surface area contributed by atoms with Crippen molar-refractivity contribution in [3.63, 3.8) is 0 Å². The average molecular weight is 393 g/mol. The van der Waals surface area contributed by atoms with Gasteiger partial charge in [-0.2, -0.15) is 0 Å². The van der Waals surface area contributed by atoms with E-state index in [1.807, 2.05) is 19.1 Å². The van der Waals surface area contributed by atoms with Crippen molar-refractivity contribution in [3.05, 3.63) is 88.5 Å². The lowest BCUT2D eigenvalue weighted by Crippen LogP contribution is -2.24. The lowest BCUT2D eigenvalue weighted by molar-refractivity contribution is 0.0827. The summed E-state index contributed by atoms with van der Waals surface area (Å²) in [5.41, 5.74) is 3.87. The molecule has 0 aliphatic carbocycles. The molecular formula is C23H24FN3O2. The smallest absolute Gasteiger partial charge is 0.253 e. The van der Waals surface area contributed by atoms with Crippen LogP contribution in [0.5, 0.6) is 0 Å². The molecule has 0 saturated heterocycles. The van der Waals surface area contributed by atoms with Crippen LogP contribution in [-0.4, -0.2) is 35.4 Å². The zero-order valence-electron chi connectivity index (χ0n) is 17.0. The summed E-state index contributed by atoms with van der Waals surface area (Å²) in [7, 11) is 3.41. The topological polar surface area (TPSA) is 54.3 Å². The van der Waals surface area contributed by atoms with Crippen LogP contribution in [0.1, 0.15) is 37.7 Å². The number of hydrogen-bond acceptors (Lipinski definition) is 2. The quantitative estimate of drug-likeness (QED) is 0.716. The van der Waals surface area contributed by atoms with Crippen LogP contribution in [0.3, 0.4) is 0 Å². The third kappa shape index (κ3) is 4.21. The van der Waals surface area contributed by atoms with Crippen molar-refractivity contribution < 1.29 is 14.0 Å². The number of carbonyl (C=O) groups excluding carboxylic acids is 2. The molecule has 6 heteroatoms. The van der Waals surface area contributed by atoms with Crippen molar-refractivity contribution in [2.75, 3.05) is 14.1 Å². The lowest BCUT2D eigenvalue weighted by atomic mass is 10.1. The Morgan fingerprint density at radius 2 is 1.69 bits per heavy atom. The number of benzene rings is 2. The van der Waals surface area contributed by atoms with E-state index in [0.29, 0.717) is 29.1 Å². The fourth-order valence-corrected chi connectivity index (χ4v) is 3.30. The van der Waals surface area contributed by atoms with Gasteiger partial charge < -0.3 is 14.8 Å². The second kappa shape index (κ2) is 8.31. The van der Waals surface area contributed by atoms with Crippen molar-refractivity contribution in [2.45, 2.75) is 20.4 Å². The number of aryl methyl sites for hydroxylation is 1. The lowest BCUT2D eigenvalue weighted by Gasteiger charge is -2.12. The van der Waals surface area contributed by atoms with E-state index in [0.717, 1.165) is 11.3 Å². The Labute approximate surface area is 169 Å². The van der Waals surface area contributed by atoms with Crippen LogP contribution >= 0.6 is 0 Å². The number of hydrogen-bond donors (Lipinski definition) is 1. The van der Waals surface area contributed by atoms with E-state index in [9.17, 15) is 14.0 Å². The van der Waals surface area contributed by atoms with Crippen LogP contribution in [0.4, 0.5) is 4.39 Å². The molecule has 1 aromatic heterocycles. The first-order valence-electron chi connectivity index (χ1n) is 9.32. The van der Waals surface area contributed by atoms with Gasteiger partial charge in [-0.15, -0.1) is 0 Å². The van der Waals surface area contributed by atoms with E-state index in [1.54, 1.807) is 62.0 Å². The predicted octanol–water partition coefficient (Wildman–Crippen LogP) is 3.87. The second-order valence-corrected chi connectivity index (χ2v) is 7.15. The molecule has 0 aliphatic rings. The molecule has 0 bridgehead atoms. The maximum atomic E-state index is 14.2. The fourth-order valence-electron chi connectivity index (χ4n) is 3.30. The predicted molar refractivity (Wildman–Crippen MR) is 111 cm³/mol. The summed E-state index contributed by atoms with van der Waals surface area (Å²) >= 11 is 0. The summed E-state index contributed by atoms with van der Waals surface area (Å²) in [4.78, 5) is 26.2. The third-order valence-electron chi connectivity index (χ3n) is 4.83. The number of halogens is 1. The summed E-state index contributed by atoms with van der Waals surface area (Å²) in [6.07, 6.45) is 0. The molecule has 0 fully saturated rings. The summed E-state index contributed by atoms with van der Waals surface area (Å²) in [6.45, 7) is 3.98. The first-order chi connectivity index (χ1) is 13.8. The molecule has 3 rings (SSSR count). The van der Waals surface area contributed by atoms with Crippen LogP contribution in [-0.2, 0) is 6.54 Å². The Bertz CT molecular complexity index is 1050. The summed E-state index contributed by atoms with van der Waals surface area (Å²) in [6, 6.07) is 15.4. The molecule has 0 atom stereocenters. The highest BCUT2D eigenvalue weighted by Crippen LogP contribution is 2.23. The molecule has 0 saturated carbocycles. The zero-order valence-corrected chi connectivity index (χ0v) is 17.0. The molecule has 3 aromatic rings. The third-order valence-corrected chi connectivity index (χ3v) is 4.83. The van der Waals surface area contributed by atoms with Crippen molar-refractivity contribution in [1.29, 1.82) is 0 Å². The maximum absolute atomic E-state index is 14.2. The van der Waals surface area contributed by atoms with E-state index in [-0.39, 0.29) is 17.6 Å². The second-order valence-electron chi connectivity index (χ2n) is 7.15. The van der Waals surface area contributed by atoms with E-state index in [4.69, 9.17) is 0 Å². The Balaban J connectivity index is 1.74. The van der Waals surface area contributed by atoms with Crippen molar-refractivity contribution in [2.24, 2.45) is 0 Å². The van der Waals surface area contributed by atoms with Gasteiger partial charge in [0.25, 0.3) is 11.8 Å². The zero-order chi connectivity index (χ0) is 21.1. The van der Waals surface area contributed by atoms with Gasteiger partial charge in [-0.05, 0) is 49.7 Å². The minimum Gasteiger partial charge on any atom is -0.348 e. The van der Waals surface area contributed by atoms with Crippen LogP contribution in [0, 0.1) is 19.7 Å². The van der Waals surface area contributed by atoms with Crippen LogP contribution in [0.15, 0.2) is 54.6 Å². The van der Waals surface area contributed by atoms with E-state index >= 15 is 0 Å². The largest absolute Gasteiger partial charge is 0.348 e. The minimum absolute atomic E-state index is 0.0684. The maximum Gasteiger partial charge on any atom is 0.253 e. The Kier molecular flexibility index (Phi) is 5.82. The SMILES string of the molecule is Cc1cc(C(=O)NCc2ccc(C(=O)N(C)C)cc2)c(C)n1-c1ccccc1F. The monoisotopic (exact) mass is 393 g/mol. The van der Waals surface area contributed by atoms with Gasteiger partial charge in [0, 0.05) is 37.6 Å². The van der Waals surface area contributed by atoms with Crippen molar-refractivity contribution in [3.8, 4) is 5.69 Å². The standard InChI is InChI=1S/C23H24FN3O2/c1-15-13-19(16(2)27(15)21-8-6-5-7-20(21)24)22(28)25-14-17-9-11-18(12-10-17)23(29)26(3)4/h5-13H,14H2,1-4H3,(H,25,28). The fraction of sp³-hybridized carbons (Fsp3) is 0.217. The van der Waals surface area contributed by atoms with E-state index in [1.165, 1.54) is 11.0 Å². The highest BCUT2D eigenvalue weighted by molar-refractivity contribution is 5.96. The summed E-state index contributed by atoms with van der Waals surface area (Å²) < 4.78 is 15.9. The number of nitrogens with one attached hydrogen (secondary N) is 1. The molecule has 150 valence electrons. The van der Waals surface area contributed by atoms with Gasteiger partial charge in [-0.1, -0.05) is 24.3 Å². The highest BCUT2D eigenvalue weighted by atomic mass is 19.1. The summed E-state index contributed by atoms with van der Waals surface area (Å²) in [5.74, 6) is -0.635. The van der Waals surface area contributed by atoms with Gasteiger partial charge in [0.05, 0.1) is 11.3 Å². The molecule has 5 nitrogen and oxygen atoms in total. The van der Waals surface area contributed by atoms with Gasteiger partial charge in [-0.3, -0.25) is 9.59 Å². The Morgan fingerprint density at radius 1 is 1.03 bits per heavy atom. The Morgan fingerprint density at radius 3 is 2.31 bits per heavy atom. The van der Waals surface area contributed by atoms with Gasteiger partial charge in [0.15, 0.2) is 0 Å². The average Bonchev–Trinajstić information content (AvgIpc) is 3.00. The number of amides is 2. The van der Waals surface area contributed by atoms with E-state index < -0.39 is 0 Å². The number of para-hydroxylation sites is 1. The molecule has 0 unspecified atom stereocenters. The molecule has 0 spiro atoms. The molecule has 2 amide bonds. The molecule has 1 N–H and O–H groups in total. The first-order valence-corrected chi connectivity index (χ1v) is 9.32. The number of rotatable bonds is 5.